The minimum atomic E-state index is -0.136. The summed E-state index contributed by atoms with van der Waals surface area (Å²) in [5.74, 6) is 0.866. The van der Waals surface area contributed by atoms with Crippen LogP contribution in [0.25, 0.3) is 0 Å². The predicted octanol–water partition coefficient (Wildman–Crippen LogP) is 2.14. The van der Waals surface area contributed by atoms with Gasteiger partial charge in [0.15, 0.2) is 0 Å². The SMILES string of the molecule is COc1cc(N)c(Cl)cc1C(=O)N[C@H]1CCN2CCC[C@@H]1C2. The summed E-state index contributed by atoms with van der Waals surface area (Å²) in [6, 6.07) is 3.41. The Morgan fingerprint density at radius 1 is 1.41 bits per heavy atom. The lowest BCUT2D eigenvalue weighted by molar-refractivity contribution is 0.0737. The smallest absolute Gasteiger partial charge is 0.255 e. The number of rotatable bonds is 3. The fraction of sp³-hybridized carbons (Fsp3) is 0.562. The largest absolute Gasteiger partial charge is 0.496 e. The van der Waals surface area contributed by atoms with Crippen LogP contribution in [0.3, 0.4) is 0 Å². The van der Waals surface area contributed by atoms with Gasteiger partial charge < -0.3 is 20.7 Å². The first kappa shape index (κ1) is 15.4. The molecule has 2 heterocycles. The zero-order valence-corrected chi connectivity index (χ0v) is 13.5. The molecule has 3 rings (SSSR count). The first-order valence-electron chi connectivity index (χ1n) is 7.74. The normalized spacial score (nSPS) is 27.3. The van der Waals surface area contributed by atoms with Crippen LogP contribution in [-0.4, -0.2) is 43.6 Å². The molecule has 2 saturated heterocycles. The van der Waals surface area contributed by atoms with E-state index >= 15 is 0 Å². The number of benzene rings is 1. The molecule has 2 fully saturated rings. The van der Waals surface area contributed by atoms with Crippen LogP contribution in [0.4, 0.5) is 5.69 Å². The zero-order valence-electron chi connectivity index (χ0n) is 12.8. The molecule has 2 aliphatic rings. The molecular formula is C16H22ClN3O2. The van der Waals surface area contributed by atoms with Gasteiger partial charge in [-0.15, -0.1) is 0 Å². The van der Waals surface area contributed by atoms with Gasteiger partial charge in [0, 0.05) is 25.2 Å². The van der Waals surface area contributed by atoms with E-state index in [0.717, 1.165) is 19.5 Å². The van der Waals surface area contributed by atoms with Crippen LogP contribution in [0.5, 0.6) is 5.75 Å². The van der Waals surface area contributed by atoms with Crippen molar-refractivity contribution in [1.82, 2.24) is 10.2 Å². The second kappa shape index (κ2) is 6.34. The molecule has 6 heteroatoms. The van der Waals surface area contributed by atoms with Crippen LogP contribution in [0.15, 0.2) is 12.1 Å². The highest BCUT2D eigenvalue weighted by Crippen LogP contribution is 2.30. The Kier molecular flexibility index (Phi) is 4.45. The van der Waals surface area contributed by atoms with Gasteiger partial charge >= 0.3 is 0 Å². The lowest BCUT2D eigenvalue weighted by atomic mass is 9.85. The molecule has 0 aromatic heterocycles. The van der Waals surface area contributed by atoms with Gasteiger partial charge in [-0.1, -0.05) is 11.6 Å². The molecule has 1 unspecified atom stereocenters. The Labute approximate surface area is 135 Å². The summed E-state index contributed by atoms with van der Waals surface area (Å²) in [6.45, 7) is 3.34. The number of ether oxygens (including phenoxy) is 1. The van der Waals surface area contributed by atoms with E-state index in [2.05, 4.69) is 10.2 Å². The van der Waals surface area contributed by atoms with E-state index < -0.39 is 0 Å². The molecule has 5 nitrogen and oxygen atoms in total. The number of amides is 1. The molecule has 0 radical (unpaired) electrons. The Bertz CT molecular complexity index is 579. The molecule has 1 aromatic rings. The number of anilines is 1. The average Bonchev–Trinajstić information content (AvgIpc) is 2.52. The van der Waals surface area contributed by atoms with Crippen LogP contribution >= 0.6 is 11.6 Å². The molecule has 22 heavy (non-hydrogen) atoms. The standard InChI is InChI=1S/C16H22ClN3O2/c1-22-15-8-13(18)12(17)7-11(15)16(21)19-14-4-6-20-5-2-3-10(14)9-20/h7-8,10,14H,2-6,9,18H2,1H3,(H,19,21)/t10-,14+/m1/s1. The van der Waals surface area contributed by atoms with E-state index in [4.69, 9.17) is 22.1 Å². The van der Waals surface area contributed by atoms with Gasteiger partial charge in [0.2, 0.25) is 0 Å². The van der Waals surface area contributed by atoms with Crippen molar-refractivity contribution in [3.63, 3.8) is 0 Å². The average molecular weight is 324 g/mol. The minimum Gasteiger partial charge on any atom is -0.496 e. The van der Waals surface area contributed by atoms with Crippen molar-refractivity contribution < 1.29 is 9.53 Å². The van der Waals surface area contributed by atoms with E-state index in [-0.39, 0.29) is 11.9 Å². The predicted molar refractivity (Wildman–Crippen MR) is 87.5 cm³/mol. The Morgan fingerprint density at radius 2 is 2.23 bits per heavy atom. The van der Waals surface area contributed by atoms with E-state index in [1.54, 1.807) is 12.1 Å². The topological polar surface area (TPSA) is 67.6 Å². The maximum Gasteiger partial charge on any atom is 0.255 e. The third-order valence-corrected chi connectivity index (χ3v) is 5.07. The highest BCUT2D eigenvalue weighted by Gasteiger charge is 2.33. The minimum absolute atomic E-state index is 0.136. The van der Waals surface area contributed by atoms with Gasteiger partial charge in [-0.25, -0.2) is 0 Å². The van der Waals surface area contributed by atoms with E-state index in [0.29, 0.717) is 27.9 Å². The van der Waals surface area contributed by atoms with E-state index in [1.165, 1.54) is 26.5 Å². The lowest BCUT2D eigenvalue weighted by Gasteiger charge is -2.42. The summed E-state index contributed by atoms with van der Waals surface area (Å²) < 4.78 is 5.27. The molecule has 0 spiro atoms. The number of halogens is 1. The number of carbonyl (C=O) groups excluding carboxylic acids is 1. The molecule has 1 amide bonds. The molecule has 3 atom stereocenters. The molecular weight excluding hydrogens is 302 g/mol. The first-order chi connectivity index (χ1) is 10.6. The van der Waals surface area contributed by atoms with Crippen molar-refractivity contribution in [3.8, 4) is 5.75 Å². The number of piperidine rings is 2. The van der Waals surface area contributed by atoms with Gasteiger partial charge in [-0.2, -0.15) is 0 Å². The van der Waals surface area contributed by atoms with Crippen LogP contribution < -0.4 is 15.8 Å². The van der Waals surface area contributed by atoms with Crippen molar-refractivity contribution in [2.24, 2.45) is 5.92 Å². The molecule has 1 aromatic carbocycles. The van der Waals surface area contributed by atoms with Crippen molar-refractivity contribution in [1.29, 1.82) is 0 Å². The van der Waals surface area contributed by atoms with Crippen molar-refractivity contribution in [3.05, 3.63) is 22.7 Å². The Hall–Kier alpha value is -1.46. The fourth-order valence-electron chi connectivity index (χ4n) is 3.53. The second-order valence-corrected chi connectivity index (χ2v) is 6.55. The first-order valence-corrected chi connectivity index (χ1v) is 8.12. The fourth-order valence-corrected chi connectivity index (χ4v) is 3.70. The van der Waals surface area contributed by atoms with E-state index in [9.17, 15) is 4.79 Å². The van der Waals surface area contributed by atoms with Crippen molar-refractivity contribution >= 4 is 23.2 Å². The van der Waals surface area contributed by atoms with Gasteiger partial charge in [0.1, 0.15) is 5.75 Å². The number of methoxy groups -OCH3 is 1. The molecule has 0 saturated carbocycles. The Morgan fingerprint density at radius 3 is 3.00 bits per heavy atom. The highest BCUT2D eigenvalue weighted by atomic mass is 35.5. The molecule has 0 aliphatic carbocycles. The van der Waals surface area contributed by atoms with E-state index in [1.807, 2.05) is 0 Å². The van der Waals surface area contributed by atoms with Crippen LogP contribution in [0.2, 0.25) is 5.02 Å². The number of nitrogens with zero attached hydrogens (tertiary/aromatic N) is 1. The number of fused-ring (bicyclic) bond motifs is 2. The highest BCUT2D eigenvalue weighted by molar-refractivity contribution is 6.33. The maximum atomic E-state index is 12.6. The molecule has 2 bridgehead atoms. The van der Waals surface area contributed by atoms with Gasteiger partial charge in [0.25, 0.3) is 5.91 Å². The molecule has 3 N–H and O–H groups in total. The molecule has 120 valence electrons. The monoisotopic (exact) mass is 323 g/mol. The summed E-state index contributed by atoms with van der Waals surface area (Å²) in [5.41, 5.74) is 6.62. The number of hydrogen-bond acceptors (Lipinski definition) is 4. The summed E-state index contributed by atoms with van der Waals surface area (Å²) in [4.78, 5) is 15.1. The van der Waals surface area contributed by atoms with Gasteiger partial charge in [0.05, 0.1) is 23.4 Å². The van der Waals surface area contributed by atoms with Gasteiger partial charge in [-0.3, -0.25) is 4.79 Å². The number of nitrogens with two attached hydrogens (primary N) is 1. The van der Waals surface area contributed by atoms with Crippen LogP contribution in [-0.2, 0) is 0 Å². The van der Waals surface area contributed by atoms with Crippen LogP contribution in [0.1, 0.15) is 29.6 Å². The number of carbonyl (C=O) groups is 1. The third kappa shape index (κ3) is 3.01. The van der Waals surface area contributed by atoms with Crippen molar-refractivity contribution in [2.75, 3.05) is 32.5 Å². The summed E-state index contributed by atoms with van der Waals surface area (Å²) in [6.07, 6.45) is 3.40. The lowest BCUT2D eigenvalue weighted by Crippen LogP contribution is -2.53. The van der Waals surface area contributed by atoms with Gasteiger partial charge in [-0.05, 0) is 37.8 Å². The summed E-state index contributed by atoms with van der Waals surface area (Å²) >= 11 is 6.05. The van der Waals surface area contributed by atoms with Crippen molar-refractivity contribution in [2.45, 2.75) is 25.3 Å². The number of nitrogen functional groups attached to an aromatic ring is 1. The zero-order chi connectivity index (χ0) is 15.7. The third-order valence-electron chi connectivity index (χ3n) is 4.75. The number of hydrogen-bond donors (Lipinski definition) is 2. The Balaban J connectivity index is 1.75. The summed E-state index contributed by atoms with van der Waals surface area (Å²) in [5, 5.41) is 3.54. The van der Waals surface area contributed by atoms with Crippen LogP contribution in [0, 0.1) is 5.92 Å². The maximum absolute atomic E-state index is 12.6. The molecule has 2 aliphatic heterocycles. The quantitative estimate of drug-likeness (QED) is 0.836. The second-order valence-electron chi connectivity index (χ2n) is 6.15. The number of nitrogens with one attached hydrogen (secondary N) is 1. The summed E-state index contributed by atoms with van der Waals surface area (Å²) in [7, 11) is 1.53.